The Labute approximate surface area is 157 Å². The van der Waals surface area contributed by atoms with E-state index >= 15 is 0 Å². The van der Waals surface area contributed by atoms with Gasteiger partial charge in [0.2, 0.25) is 0 Å². The molecule has 0 N–H and O–H groups in total. The van der Waals surface area contributed by atoms with Crippen molar-refractivity contribution < 1.29 is 18.7 Å². The van der Waals surface area contributed by atoms with E-state index in [0.29, 0.717) is 5.56 Å². The molecule has 0 saturated carbocycles. The lowest BCUT2D eigenvalue weighted by Gasteiger charge is -2.17. The Morgan fingerprint density at radius 2 is 1.59 bits per heavy atom. The Morgan fingerprint density at radius 3 is 2.41 bits per heavy atom. The van der Waals surface area contributed by atoms with E-state index < -0.39 is 5.97 Å². The van der Waals surface area contributed by atoms with Gasteiger partial charge in [-0.05, 0) is 22.4 Å². The number of carbonyl (C=O) groups excluding carboxylic acids is 2. The van der Waals surface area contributed by atoms with Crippen molar-refractivity contribution in [2.24, 2.45) is 0 Å². The van der Waals surface area contributed by atoms with Crippen molar-refractivity contribution >= 4 is 22.6 Å². The van der Waals surface area contributed by atoms with Gasteiger partial charge in [-0.1, -0.05) is 60.7 Å². The fourth-order valence-corrected chi connectivity index (χ4v) is 2.88. The predicted octanol–water partition coefficient (Wildman–Crippen LogP) is 3.72. The molecule has 0 aliphatic carbocycles. The number of fused-ring (bicyclic) bond motifs is 1. The van der Waals surface area contributed by atoms with Crippen molar-refractivity contribution in [2.45, 2.75) is 13.0 Å². The van der Waals surface area contributed by atoms with Crippen LogP contribution in [0.5, 0.6) is 0 Å². The van der Waals surface area contributed by atoms with Crippen LogP contribution in [0.4, 0.5) is 4.39 Å². The lowest BCUT2D eigenvalue weighted by molar-refractivity contribution is -0.151. The van der Waals surface area contributed by atoms with Crippen LogP contribution in [-0.4, -0.2) is 30.4 Å². The van der Waals surface area contributed by atoms with Gasteiger partial charge in [-0.2, -0.15) is 0 Å². The second kappa shape index (κ2) is 8.45. The molecule has 3 aromatic rings. The lowest BCUT2D eigenvalue weighted by Crippen LogP contribution is -2.31. The van der Waals surface area contributed by atoms with E-state index in [1.807, 2.05) is 42.5 Å². The molecule has 0 unspecified atom stereocenters. The van der Waals surface area contributed by atoms with Crippen LogP contribution in [0.1, 0.15) is 11.1 Å². The SMILES string of the molecule is CN(Cc1ccccc1F)C(=O)COC(=O)Cc1cccc2ccccc12. The molecule has 0 fully saturated rings. The van der Waals surface area contributed by atoms with Crippen LogP contribution in [-0.2, 0) is 27.3 Å². The van der Waals surface area contributed by atoms with E-state index in [1.165, 1.54) is 11.0 Å². The summed E-state index contributed by atoms with van der Waals surface area (Å²) in [5.74, 6) is -1.23. The molecule has 0 saturated heterocycles. The second-order valence-corrected chi connectivity index (χ2v) is 6.32. The van der Waals surface area contributed by atoms with Crippen LogP contribution >= 0.6 is 0 Å². The zero-order valence-corrected chi connectivity index (χ0v) is 15.0. The van der Waals surface area contributed by atoms with Gasteiger partial charge >= 0.3 is 5.97 Å². The number of hydrogen-bond donors (Lipinski definition) is 0. The fraction of sp³-hybridized carbons (Fsp3) is 0.182. The van der Waals surface area contributed by atoms with Gasteiger partial charge in [0.15, 0.2) is 6.61 Å². The van der Waals surface area contributed by atoms with Crippen molar-refractivity contribution in [3.8, 4) is 0 Å². The zero-order valence-electron chi connectivity index (χ0n) is 15.0. The Kier molecular flexibility index (Phi) is 5.81. The van der Waals surface area contributed by atoms with Crippen LogP contribution in [0.2, 0.25) is 0 Å². The van der Waals surface area contributed by atoms with E-state index in [4.69, 9.17) is 4.74 Å². The highest BCUT2D eigenvalue weighted by molar-refractivity contribution is 5.89. The molecule has 0 heterocycles. The van der Waals surface area contributed by atoms with Gasteiger partial charge in [-0.25, -0.2) is 4.39 Å². The summed E-state index contributed by atoms with van der Waals surface area (Å²) in [6, 6.07) is 19.8. The van der Waals surface area contributed by atoms with Crippen LogP contribution in [0.3, 0.4) is 0 Å². The summed E-state index contributed by atoms with van der Waals surface area (Å²) in [5, 5.41) is 2.03. The predicted molar refractivity (Wildman–Crippen MR) is 101 cm³/mol. The average Bonchev–Trinajstić information content (AvgIpc) is 2.68. The van der Waals surface area contributed by atoms with Gasteiger partial charge in [0.05, 0.1) is 6.42 Å². The van der Waals surface area contributed by atoms with Gasteiger partial charge in [0.25, 0.3) is 5.91 Å². The van der Waals surface area contributed by atoms with Gasteiger partial charge in [0, 0.05) is 19.2 Å². The standard InChI is InChI=1S/C22H20FNO3/c1-24(14-18-8-3-5-12-20(18)23)21(25)15-27-22(26)13-17-10-6-9-16-7-2-4-11-19(16)17/h2-12H,13-15H2,1H3. The summed E-state index contributed by atoms with van der Waals surface area (Å²) in [6.45, 7) is -0.249. The highest BCUT2D eigenvalue weighted by atomic mass is 19.1. The van der Waals surface area contributed by atoms with E-state index in [-0.39, 0.29) is 31.3 Å². The molecule has 0 aromatic heterocycles. The first-order valence-electron chi connectivity index (χ1n) is 8.64. The molecular weight excluding hydrogens is 345 g/mol. The summed E-state index contributed by atoms with van der Waals surface area (Å²) in [6.07, 6.45) is 0.0889. The van der Waals surface area contributed by atoms with E-state index in [1.54, 1.807) is 25.2 Å². The number of benzene rings is 3. The molecule has 0 bridgehead atoms. The third-order valence-corrected chi connectivity index (χ3v) is 4.36. The van der Waals surface area contributed by atoms with Crippen molar-refractivity contribution in [2.75, 3.05) is 13.7 Å². The number of halogens is 1. The second-order valence-electron chi connectivity index (χ2n) is 6.32. The number of carbonyl (C=O) groups is 2. The highest BCUT2D eigenvalue weighted by Crippen LogP contribution is 2.19. The summed E-state index contributed by atoms with van der Waals surface area (Å²) < 4.78 is 18.8. The van der Waals surface area contributed by atoms with Crippen LogP contribution < -0.4 is 0 Å². The van der Waals surface area contributed by atoms with Gasteiger partial charge < -0.3 is 9.64 Å². The maximum absolute atomic E-state index is 13.7. The molecule has 27 heavy (non-hydrogen) atoms. The molecule has 0 aliphatic heterocycles. The summed E-state index contributed by atoms with van der Waals surface area (Å²) in [4.78, 5) is 25.6. The topological polar surface area (TPSA) is 46.6 Å². The van der Waals surface area contributed by atoms with Crippen molar-refractivity contribution in [3.05, 3.63) is 83.7 Å². The third-order valence-electron chi connectivity index (χ3n) is 4.36. The normalized spacial score (nSPS) is 10.6. The highest BCUT2D eigenvalue weighted by Gasteiger charge is 2.15. The minimum Gasteiger partial charge on any atom is -0.455 e. The van der Waals surface area contributed by atoms with Crippen LogP contribution in [0, 0.1) is 5.82 Å². The van der Waals surface area contributed by atoms with E-state index in [2.05, 4.69) is 0 Å². The maximum Gasteiger partial charge on any atom is 0.310 e. The molecule has 0 radical (unpaired) electrons. The first-order chi connectivity index (χ1) is 13.0. The molecule has 0 spiro atoms. The smallest absolute Gasteiger partial charge is 0.310 e. The van der Waals surface area contributed by atoms with Crippen LogP contribution in [0.15, 0.2) is 66.7 Å². The molecule has 3 rings (SSSR count). The summed E-state index contributed by atoms with van der Waals surface area (Å²) >= 11 is 0. The number of amides is 1. The molecule has 4 nitrogen and oxygen atoms in total. The quantitative estimate of drug-likeness (QED) is 0.626. The monoisotopic (exact) mass is 365 g/mol. The number of likely N-dealkylation sites (N-methyl/N-ethyl adjacent to an activating group) is 1. The molecule has 3 aromatic carbocycles. The Morgan fingerprint density at radius 1 is 0.926 bits per heavy atom. The van der Waals surface area contributed by atoms with Crippen LogP contribution in [0.25, 0.3) is 10.8 Å². The van der Waals surface area contributed by atoms with Gasteiger partial charge in [-0.3, -0.25) is 9.59 Å². The third kappa shape index (κ3) is 4.70. The first-order valence-corrected chi connectivity index (χ1v) is 8.64. The van der Waals surface area contributed by atoms with E-state index in [9.17, 15) is 14.0 Å². The average molecular weight is 365 g/mol. The molecule has 5 heteroatoms. The van der Waals surface area contributed by atoms with E-state index in [0.717, 1.165) is 16.3 Å². The maximum atomic E-state index is 13.7. The number of esters is 1. The van der Waals surface area contributed by atoms with Gasteiger partial charge in [-0.15, -0.1) is 0 Å². The number of nitrogens with zero attached hydrogens (tertiary/aromatic N) is 1. The van der Waals surface area contributed by atoms with Crippen molar-refractivity contribution in [1.29, 1.82) is 0 Å². The van der Waals surface area contributed by atoms with Gasteiger partial charge in [0.1, 0.15) is 5.82 Å². The Hall–Kier alpha value is -3.21. The molecule has 0 atom stereocenters. The Bertz CT molecular complexity index is 965. The molecular formula is C22H20FNO3. The zero-order chi connectivity index (χ0) is 19.2. The molecule has 0 aliphatic rings. The number of rotatable bonds is 6. The molecule has 1 amide bonds. The van der Waals surface area contributed by atoms with Crippen molar-refractivity contribution in [3.63, 3.8) is 0 Å². The Balaban J connectivity index is 1.55. The summed E-state index contributed by atoms with van der Waals surface area (Å²) in [5.41, 5.74) is 1.26. The minimum absolute atomic E-state index is 0.0889. The van der Waals surface area contributed by atoms with Crippen molar-refractivity contribution in [1.82, 2.24) is 4.90 Å². The minimum atomic E-state index is -0.473. The fourth-order valence-electron chi connectivity index (χ4n) is 2.88. The first kappa shape index (κ1) is 18.6. The summed E-state index contributed by atoms with van der Waals surface area (Å²) in [7, 11) is 1.55. The number of hydrogen-bond acceptors (Lipinski definition) is 3. The lowest BCUT2D eigenvalue weighted by atomic mass is 10.0. The largest absolute Gasteiger partial charge is 0.455 e. The number of ether oxygens (including phenoxy) is 1. The molecule has 138 valence electrons.